The number of carbonyl (C=O) groups excluding carboxylic acids is 1. The summed E-state index contributed by atoms with van der Waals surface area (Å²) in [5.74, 6) is 0.465. The molecule has 1 aromatic carbocycles. The molecule has 1 aromatic rings. The van der Waals surface area contributed by atoms with E-state index in [0.717, 1.165) is 43.9 Å². The Morgan fingerprint density at radius 2 is 2.00 bits per heavy atom. The van der Waals surface area contributed by atoms with Crippen LogP contribution >= 0.6 is 0 Å². The topological polar surface area (TPSA) is 67.6 Å². The lowest BCUT2D eigenvalue weighted by atomic mass is 9.89. The van der Waals surface area contributed by atoms with Crippen molar-refractivity contribution in [2.75, 3.05) is 30.7 Å². The minimum atomic E-state index is -0.439. The van der Waals surface area contributed by atoms with Crippen LogP contribution < -0.4 is 11.1 Å². The Morgan fingerprint density at radius 3 is 2.57 bits per heavy atom. The first-order valence-electron chi connectivity index (χ1n) is 8.41. The maximum atomic E-state index is 12.1. The Balaban J connectivity index is 1.96. The molecular formula is C18H29N3O2. The molecule has 1 aliphatic heterocycles. The van der Waals surface area contributed by atoms with E-state index in [1.165, 1.54) is 5.56 Å². The van der Waals surface area contributed by atoms with E-state index >= 15 is 0 Å². The highest BCUT2D eigenvalue weighted by atomic mass is 16.6. The number of carbonyl (C=O) groups is 1. The summed E-state index contributed by atoms with van der Waals surface area (Å²) in [4.78, 5) is 13.9. The highest BCUT2D eigenvalue weighted by Crippen LogP contribution is 2.32. The molecule has 1 fully saturated rings. The quantitative estimate of drug-likeness (QED) is 0.831. The van der Waals surface area contributed by atoms with Gasteiger partial charge in [0.1, 0.15) is 5.60 Å². The van der Waals surface area contributed by atoms with Crippen molar-refractivity contribution < 1.29 is 9.53 Å². The molecule has 1 amide bonds. The Labute approximate surface area is 139 Å². The van der Waals surface area contributed by atoms with Crippen LogP contribution in [-0.2, 0) is 4.74 Å². The summed E-state index contributed by atoms with van der Waals surface area (Å²) in [6.07, 6.45) is 1.70. The van der Waals surface area contributed by atoms with Gasteiger partial charge in [-0.3, -0.25) is 0 Å². The number of anilines is 2. The Morgan fingerprint density at radius 1 is 1.35 bits per heavy atom. The lowest BCUT2D eigenvalue weighted by Gasteiger charge is -2.33. The van der Waals surface area contributed by atoms with Crippen molar-refractivity contribution in [1.82, 2.24) is 4.90 Å². The fourth-order valence-corrected chi connectivity index (χ4v) is 2.89. The number of likely N-dealkylation sites (tertiary alicyclic amines) is 1. The molecule has 0 unspecified atom stereocenters. The number of nitrogens with one attached hydrogen (secondary N) is 1. The standard InChI is InChI=1S/C18H29N3O2/c1-5-20-16-12-14(6-7-15(16)19)13-8-10-21(11-9-13)17(22)23-18(2,3)4/h6-7,12-13,20H,5,8-11,19H2,1-4H3. The van der Waals surface area contributed by atoms with Gasteiger partial charge in [-0.15, -0.1) is 0 Å². The van der Waals surface area contributed by atoms with Crippen LogP contribution in [0.15, 0.2) is 18.2 Å². The van der Waals surface area contributed by atoms with E-state index in [9.17, 15) is 4.79 Å². The van der Waals surface area contributed by atoms with Crippen molar-refractivity contribution in [2.24, 2.45) is 0 Å². The molecule has 5 heteroatoms. The third kappa shape index (κ3) is 4.78. The highest BCUT2D eigenvalue weighted by Gasteiger charge is 2.27. The van der Waals surface area contributed by atoms with Crippen molar-refractivity contribution >= 4 is 17.5 Å². The smallest absolute Gasteiger partial charge is 0.410 e. The minimum Gasteiger partial charge on any atom is -0.444 e. The third-order valence-electron chi connectivity index (χ3n) is 4.06. The highest BCUT2D eigenvalue weighted by molar-refractivity contribution is 5.69. The lowest BCUT2D eigenvalue weighted by Crippen LogP contribution is -2.41. The first-order chi connectivity index (χ1) is 10.8. The predicted octanol–water partition coefficient (Wildman–Crippen LogP) is 3.82. The van der Waals surface area contributed by atoms with Gasteiger partial charge in [0, 0.05) is 19.6 Å². The largest absolute Gasteiger partial charge is 0.444 e. The molecule has 0 saturated carbocycles. The van der Waals surface area contributed by atoms with Gasteiger partial charge >= 0.3 is 6.09 Å². The molecule has 23 heavy (non-hydrogen) atoms. The molecule has 0 spiro atoms. The number of nitrogens with zero attached hydrogens (tertiary/aromatic N) is 1. The summed E-state index contributed by atoms with van der Waals surface area (Å²) in [5, 5.41) is 3.30. The van der Waals surface area contributed by atoms with Crippen LogP contribution in [-0.4, -0.2) is 36.2 Å². The average Bonchev–Trinajstić information content (AvgIpc) is 2.48. The van der Waals surface area contributed by atoms with Gasteiger partial charge in [-0.1, -0.05) is 6.07 Å². The first kappa shape index (κ1) is 17.4. The summed E-state index contributed by atoms with van der Waals surface area (Å²) < 4.78 is 5.45. The molecule has 0 aromatic heterocycles. The zero-order valence-corrected chi connectivity index (χ0v) is 14.7. The summed E-state index contributed by atoms with van der Waals surface area (Å²) in [5.41, 5.74) is 8.62. The van der Waals surface area contributed by atoms with Gasteiger partial charge in [-0.2, -0.15) is 0 Å². The van der Waals surface area contributed by atoms with Crippen LogP contribution in [0, 0.1) is 0 Å². The molecule has 0 bridgehead atoms. The van der Waals surface area contributed by atoms with Gasteiger partial charge in [0.05, 0.1) is 11.4 Å². The Kier molecular flexibility index (Phi) is 5.39. The van der Waals surface area contributed by atoms with E-state index in [0.29, 0.717) is 5.92 Å². The maximum absolute atomic E-state index is 12.1. The number of rotatable bonds is 3. The Bertz CT molecular complexity index is 544. The number of nitrogens with two attached hydrogens (primary N) is 1. The van der Waals surface area contributed by atoms with Crippen LogP contribution in [0.5, 0.6) is 0 Å². The summed E-state index contributed by atoms with van der Waals surface area (Å²) in [7, 11) is 0. The molecule has 0 radical (unpaired) electrons. The van der Waals surface area contributed by atoms with Crippen LogP contribution in [0.2, 0.25) is 0 Å². The zero-order valence-electron chi connectivity index (χ0n) is 14.7. The second-order valence-electron chi connectivity index (χ2n) is 7.12. The molecular weight excluding hydrogens is 290 g/mol. The van der Waals surface area contributed by atoms with Crippen molar-refractivity contribution in [1.29, 1.82) is 0 Å². The SMILES string of the molecule is CCNc1cc(C2CCN(C(=O)OC(C)(C)C)CC2)ccc1N. The van der Waals surface area contributed by atoms with Crippen LogP contribution in [0.4, 0.5) is 16.2 Å². The number of benzene rings is 1. The van der Waals surface area contributed by atoms with Crippen LogP contribution in [0.25, 0.3) is 0 Å². The third-order valence-corrected chi connectivity index (χ3v) is 4.06. The van der Waals surface area contributed by atoms with Gasteiger partial charge in [0.25, 0.3) is 0 Å². The van der Waals surface area contributed by atoms with Crippen molar-refractivity contribution in [2.45, 2.75) is 52.1 Å². The zero-order chi connectivity index (χ0) is 17.0. The molecule has 128 valence electrons. The van der Waals surface area contributed by atoms with Gasteiger partial charge in [-0.05, 0) is 64.2 Å². The molecule has 3 N–H and O–H groups in total. The van der Waals surface area contributed by atoms with Crippen molar-refractivity contribution in [3.8, 4) is 0 Å². The molecule has 0 atom stereocenters. The van der Waals surface area contributed by atoms with E-state index in [2.05, 4.69) is 24.4 Å². The predicted molar refractivity (Wildman–Crippen MR) is 94.8 cm³/mol. The maximum Gasteiger partial charge on any atom is 0.410 e. The fourth-order valence-electron chi connectivity index (χ4n) is 2.89. The number of ether oxygens (including phenoxy) is 1. The summed E-state index contributed by atoms with van der Waals surface area (Å²) >= 11 is 0. The second kappa shape index (κ2) is 7.11. The van der Waals surface area contributed by atoms with Crippen molar-refractivity contribution in [3.05, 3.63) is 23.8 Å². The van der Waals surface area contributed by atoms with Gasteiger partial charge in [0.15, 0.2) is 0 Å². The van der Waals surface area contributed by atoms with Crippen LogP contribution in [0.1, 0.15) is 52.0 Å². The van der Waals surface area contributed by atoms with E-state index in [-0.39, 0.29) is 6.09 Å². The normalized spacial score (nSPS) is 16.3. The minimum absolute atomic E-state index is 0.207. The first-order valence-corrected chi connectivity index (χ1v) is 8.41. The second-order valence-corrected chi connectivity index (χ2v) is 7.12. The van der Waals surface area contributed by atoms with E-state index < -0.39 is 5.60 Å². The van der Waals surface area contributed by atoms with Crippen LogP contribution in [0.3, 0.4) is 0 Å². The van der Waals surface area contributed by atoms with Gasteiger partial charge in [0.2, 0.25) is 0 Å². The molecule has 1 aliphatic rings. The summed E-state index contributed by atoms with van der Waals surface area (Å²) in [6, 6.07) is 6.21. The van der Waals surface area contributed by atoms with Gasteiger partial charge < -0.3 is 20.7 Å². The monoisotopic (exact) mass is 319 g/mol. The molecule has 1 heterocycles. The fraction of sp³-hybridized carbons (Fsp3) is 0.611. The molecule has 0 aliphatic carbocycles. The Hall–Kier alpha value is -1.91. The lowest BCUT2D eigenvalue weighted by molar-refractivity contribution is 0.0205. The number of hydrogen-bond acceptors (Lipinski definition) is 4. The number of hydrogen-bond donors (Lipinski definition) is 2. The number of amides is 1. The van der Waals surface area contributed by atoms with Gasteiger partial charge in [-0.25, -0.2) is 4.79 Å². The number of nitrogen functional groups attached to an aromatic ring is 1. The van der Waals surface area contributed by atoms with E-state index in [1.807, 2.05) is 31.7 Å². The van der Waals surface area contributed by atoms with Crippen molar-refractivity contribution in [3.63, 3.8) is 0 Å². The molecule has 1 saturated heterocycles. The summed E-state index contributed by atoms with van der Waals surface area (Å²) in [6.45, 7) is 10.1. The number of piperidine rings is 1. The van der Waals surface area contributed by atoms with E-state index in [1.54, 1.807) is 0 Å². The molecule has 5 nitrogen and oxygen atoms in total. The molecule has 2 rings (SSSR count). The van der Waals surface area contributed by atoms with E-state index in [4.69, 9.17) is 10.5 Å². The average molecular weight is 319 g/mol.